The van der Waals surface area contributed by atoms with Crippen LogP contribution in [-0.4, -0.2) is 107 Å². The molecular formula is C22H42BrN5O8. The summed E-state index contributed by atoms with van der Waals surface area (Å²) in [4.78, 5) is 45.2. The molecule has 0 saturated carbocycles. The maximum atomic E-state index is 11.7. The Bertz CT molecular complexity index is 615. The second kappa shape index (κ2) is 24.8. The summed E-state index contributed by atoms with van der Waals surface area (Å²) in [5.74, 6) is -0.844. The Kier molecular flexibility index (Phi) is 23.6. The van der Waals surface area contributed by atoms with Crippen molar-refractivity contribution in [1.29, 1.82) is 0 Å². The van der Waals surface area contributed by atoms with E-state index in [1.807, 2.05) is 0 Å². The number of carbonyl (C=O) groups is 4. The second-order valence-corrected chi connectivity index (χ2v) is 8.20. The van der Waals surface area contributed by atoms with Crippen molar-refractivity contribution in [2.24, 2.45) is 11.5 Å². The van der Waals surface area contributed by atoms with Crippen molar-refractivity contribution in [2.45, 2.75) is 38.1 Å². The van der Waals surface area contributed by atoms with Gasteiger partial charge in [-0.1, -0.05) is 15.9 Å². The first-order chi connectivity index (χ1) is 17.4. The molecular weight excluding hydrogens is 542 g/mol. The van der Waals surface area contributed by atoms with Crippen LogP contribution in [0.1, 0.15) is 32.1 Å². The van der Waals surface area contributed by atoms with E-state index in [0.29, 0.717) is 78.7 Å². The maximum Gasteiger partial charge on any atom is 0.234 e. The van der Waals surface area contributed by atoms with E-state index in [4.69, 9.17) is 30.4 Å². The van der Waals surface area contributed by atoms with Gasteiger partial charge in [-0.2, -0.15) is 0 Å². The van der Waals surface area contributed by atoms with Gasteiger partial charge in [0.05, 0.1) is 64.2 Å². The summed E-state index contributed by atoms with van der Waals surface area (Å²) >= 11 is 3.05. The highest BCUT2D eigenvalue weighted by Gasteiger charge is 2.08. The normalized spacial score (nSPS) is 11.6. The summed E-state index contributed by atoms with van der Waals surface area (Å²) in [5, 5.41) is 8.43. The van der Waals surface area contributed by atoms with Gasteiger partial charge in [-0.3, -0.25) is 19.2 Å². The molecule has 0 bridgehead atoms. The van der Waals surface area contributed by atoms with Crippen LogP contribution < -0.4 is 27.4 Å². The van der Waals surface area contributed by atoms with Crippen molar-refractivity contribution in [2.75, 3.05) is 77.8 Å². The number of nitrogens with two attached hydrogens (primary N) is 2. The van der Waals surface area contributed by atoms with E-state index < -0.39 is 11.9 Å². The molecule has 14 heteroatoms. The fourth-order valence-electron chi connectivity index (χ4n) is 2.58. The van der Waals surface area contributed by atoms with E-state index >= 15 is 0 Å². The summed E-state index contributed by atoms with van der Waals surface area (Å²) in [5.41, 5.74) is 10.6. The number of amides is 4. The molecule has 0 spiro atoms. The van der Waals surface area contributed by atoms with Gasteiger partial charge in [0.2, 0.25) is 23.6 Å². The number of nitrogens with one attached hydrogen (secondary N) is 3. The standard InChI is InChI=1S/C22H42BrN5O8/c23-17-21(31)28-8-12-36-16-14-34-10-5-20(30)27-7-11-35-15-13-33-9-4-19(29)26-6-2-1-3-18(24)22(25)32/h18H,1-17,24H2,(H2,25,32)(H,26,29)(H,27,30)(H,28,31). The first-order valence-electron chi connectivity index (χ1n) is 12.1. The van der Waals surface area contributed by atoms with Crippen molar-refractivity contribution in [3.8, 4) is 0 Å². The van der Waals surface area contributed by atoms with Crippen molar-refractivity contribution in [3.63, 3.8) is 0 Å². The van der Waals surface area contributed by atoms with Crippen LogP contribution in [0.2, 0.25) is 0 Å². The Morgan fingerprint density at radius 3 is 1.56 bits per heavy atom. The molecule has 0 aromatic rings. The average Bonchev–Trinajstić information content (AvgIpc) is 2.85. The molecule has 0 aromatic carbocycles. The molecule has 7 N–H and O–H groups in total. The van der Waals surface area contributed by atoms with E-state index in [-0.39, 0.29) is 42.5 Å². The second-order valence-electron chi connectivity index (χ2n) is 7.64. The van der Waals surface area contributed by atoms with Crippen molar-refractivity contribution >= 4 is 39.6 Å². The highest BCUT2D eigenvalue weighted by molar-refractivity contribution is 9.09. The first-order valence-corrected chi connectivity index (χ1v) is 13.2. The van der Waals surface area contributed by atoms with Crippen molar-refractivity contribution < 1.29 is 38.1 Å². The Balaban J connectivity index is 3.33. The third-order valence-corrected chi connectivity index (χ3v) is 5.09. The molecule has 13 nitrogen and oxygen atoms in total. The Labute approximate surface area is 221 Å². The molecule has 0 radical (unpaired) electrons. The van der Waals surface area contributed by atoms with Gasteiger partial charge < -0.3 is 46.4 Å². The molecule has 4 amide bonds. The minimum absolute atomic E-state index is 0.0909. The topological polar surface area (TPSA) is 193 Å². The van der Waals surface area contributed by atoms with Gasteiger partial charge in [0.1, 0.15) is 0 Å². The van der Waals surface area contributed by atoms with Crippen LogP contribution in [0.25, 0.3) is 0 Å². The number of hydrogen-bond acceptors (Lipinski definition) is 9. The fraction of sp³-hybridized carbons (Fsp3) is 0.818. The van der Waals surface area contributed by atoms with Crippen LogP contribution in [0.15, 0.2) is 0 Å². The zero-order valence-electron chi connectivity index (χ0n) is 20.9. The lowest BCUT2D eigenvalue weighted by atomic mass is 10.1. The van der Waals surface area contributed by atoms with E-state index in [2.05, 4.69) is 31.9 Å². The smallest absolute Gasteiger partial charge is 0.234 e. The third-order valence-electron chi connectivity index (χ3n) is 4.58. The molecule has 0 heterocycles. The summed E-state index contributed by atoms with van der Waals surface area (Å²) in [6.45, 7) is 4.16. The lowest BCUT2D eigenvalue weighted by Gasteiger charge is -2.09. The van der Waals surface area contributed by atoms with Crippen LogP contribution in [0.5, 0.6) is 0 Å². The summed E-state index contributed by atoms with van der Waals surface area (Å²) in [7, 11) is 0. The monoisotopic (exact) mass is 583 g/mol. The number of halogens is 1. The predicted molar refractivity (Wildman–Crippen MR) is 136 cm³/mol. The molecule has 1 atom stereocenters. The average molecular weight is 585 g/mol. The highest BCUT2D eigenvalue weighted by Crippen LogP contribution is 1.97. The lowest BCUT2D eigenvalue weighted by molar-refractivity contribution is -0.123. The zero-order valence-corrected chi connectivity index (χ0v) is 22.5. The molecule has 36 heavy (non-hydrogen) atoms. The summed E-state index contributed by atoms with van der Waals surface area (Å²) < 4.78 is 21.3. The van der Waals surface area contributed by atoms with E-state index in [1.54, 1.807) is 0 Å². The van der Waals surface area contributed by atoms with Gasteiger partial charge in [-0.25, -0.2) is 0 Å². The molecule has 0 rings (SSSR count). The summed E-state index contributed by atoms with van der Waals surface area (Å²) in [6.07, 6.45) is 2.43. The predicted octanol–water partition coefficient (Wildman–Crippen LogP) is -1.44. The number of primary amides is 1. The molecule has 0 aromatic heterocycles. The van der Waals surface area contributed by atoms with Gasteiger partial charge in [-0.05, 0) is 19.3 Å². The number of hydrogen-bond donors (Lipinski definition) is 5. The third kappa shape index (κ3) is 23.9. The van der Waals surface area contributed by atoms with Gasteiger partial charge in [0, 0.05) is 32.5 Å². The minimum atomic E-state index is -0.637. The molecule has 0 aliphatic rings. The molecule has 1 unspecified atom stereocenters. The number of alkyl halides is 1. The Morgan fingerprint density at radius 1 is 0.639 bits per heavy atom. The zero-order chi connectivity index (χ0) is 26.9. The molecule has 0 aliphatic carbocycles. The van der Waals surface area contributed by atoms with Gasteiger partial charge in [0.25, 0.3) is 0 Å². The van der Waals surface area contributed by atoms with Crippen LogP contribution in [0.4, 0.5) is 0 Å². The maximum absolute atomic E-state index is 11.7. The number of ether oxygens (including phenoxy) is 4. The molecule has 0 fully saturated rings. The fourth-order valence-corrected chi connectivity index (χ4v) is 2.78. The quantitative estimate of drug-likeness (QED) is 0.0631. The largest absolute Gasteiger partial charge is 0.379 e. The first kappa shape index (κ1) is 34.2. The van der Waals surface area contributed by atoms with E-state index in [0.717, 1.165) is 6.42 Å². The molecule has 0 aliphatic heterocycles. The van der Waals surface area contributed by atoms with Gasteiger partial charge in [0.15, 0.2) is 0 Å². The van der Waals surface area contributed by atoms with E-state index in [1.165, 1.54) is 0 Å². The number of unbranched alkanes of at least 4 members (excludes halogenated alkanes) is 1. The Morgan fingerprint density at radius 2 is 1.08 bits per heavy atom. The highest BCUT2D eigenvalue weighted by atomic mass is 79.9. The van der Waals surface area contributed by atoms with Crippen molar-refractivity contribution in [1.82, 2.24) is 16.0 Å². The minimum Gasteiger partial charge on any atom is -0.379 e. The Hall–Kier alpha value is -1.84. The van der Waals surface area contributed by atoms with Crippen LogP contribution in [0.3, 0.4) is 0 Å². The molecule has 210 valence electrons. The van der Waals surface area contributed by atoms with E-state index in [9.17, 15) is 19.2 Å². The van der Waals surface area contributed by atoms with Gasteiger partial charge in [-0.15, -0.1) is 0 Å². The van der Waals surface area contributed by atoms with Crippen LogP contribution in [-0.2, 0) is 38.1 Å². The van der Waals surface area contributed by atoms with Crippen molar-refractivity contribution in [3.05, 3.63) is 0 Å². The number of carbonyl (C=O) groups excluding carboxylic acids is 4. The van der Waals surface area contributed by atoms with Crippen LogP contribution in [0, 0.1) is 0 Å². The van der Waals surface area contributed by atoms with Crippen LogP contribution >= 0.6 is 15.9 Å². The lowest BCUT2D eigenvalue weighted by Crippen LogP contribution is -2.36. The SMILES string of the molecule is NC(=O)C(N)CCCCNC(=O)CCOCCOCCNC(=O)CCOCCOCCNC(=O)CBr. The molecule has 0 saturated heterocycles. The summed E-state index contributed by atoms with van der Waals surface area (Å²) in [6, 6.07) is -0.637. The number of rotatable bonds is 25. The van der Waals surface area contributed by atoms with Gasteiger partial charge >= 0.3 is 0 Å².